The fourth-order valence-electron chi connectivity index (χ4n) is 1.76. The van der Waals surface area contributed by atoms with E-state index in [-0.39, 0.29) is 4.90 Å². The molecule has 0 spiro atoms. The normalized spacial score (nSPS) is 11.8. The number of halogens is 1. The average Bonchev–Trinajstić information content (AvgIpc) is 2.35. The number of hydrogen-bond donors (Lipinski definition) is 0. The summed E-state index contributed by atoms with van der Waals surface area (Å²) in [5.41, 5.74) is 0.765. The molecule has 0 atom stereocenters. The summed E-state index contributed by atoms with van der Waals surface area (Å²) in [6.45, 7) is 9.42. The lowest BCUT2D eigenvalue weighted by Gasteiger charge is -2.18. The molecule has 0 aromatic heterocycles. The average molecular weight is 306 g/mol. The van der Waals surface area contributed by atoms with Gasteiger partial charge in [0.1, 0.15) is 12.4 Å². The number of benzene rings is 1. The molecule has 0 bridgehead atoms. The minimum absolute atomic E-state index is 0.0998. The highest BCUT2D eigenvalue weighted by atomic mass is 35.7. The van der Waals surface area contributed by atoms with Crippen LogP contribution in [-0.2, 0) is 9.05 Å². The molecule has 0 radical (unpaired) electrons. The highest BCUT2D eigenvalue weighted by Gasteiger charge is 2.12. The molecule has 0 saturated heterocycles. The van der Waals surface area contributed by atoms with E-state index in [0.717, 1.165) is 25.2 Å². The number of ether oxygens (including phenoxy) is 1. The van der Waals surface area contributed by atoms with Crippen molar-refractivity contribution in [2.45, 2.75) is 25.7 Å². The van der Waals surface area contributed by atoms with Crippen molar-refractivity contribution >= 4 is 19.7 Å². The highest BCUT2D eigenvalue weighted by molar-refractivity contribution is 8.13. The second-order valence-electron chi connectivity index (χ2n) is 4.24. The highest BCUT2D eigenvalue weighted by Crippen LogP contribution is 2.23. The van der Waals surface area contributed by atoms with Gasteiger partial charge in [-0.05, 0) is 43.8 Å². The molecule has 0 fully saturated rings. The van der Waals surface area contributed by atoms with E-state index >= 15 is 0 Å². The van der Waals surface area contributed by atoms with E-state index in [0.29, 0.717) is 12.4 Å². The number of hydrogen-bond acceptors (Lipinski definition) is 4. The van der Waals surface area contributed by atoms with E-state index in [4.69, 9.17) is 15.4 Å². The Balaban J connectivity index is 2.66. The molecule has 0 heterocycles. The van der Waals surface area contributed by atoms with Crippen molar-refractivity contribution in [2.75, 3.05) is 26.2 Å². The van der Waals surface area contributed by atoms with E-state index < -0.39 is 9.05 Å². The third-order valence-electron chi connectivity index (χ3n) is 2.99. The molecule has 19 heavy (non-hydrogen) atoms. The van der Waals surface area contributed by atoms with Gasteiger partial charge in [0, 0.05) is 17.2 Å². The van der Waals surface area contributed by atoms with Gasteiger partial charge in [-0.25, -0.2) is 8.42 Å². The number of aryl methyl sites for hydroxylation is 1. The molecule has 0 aliphatic rings. The Morgan fingerprint density at radius 1 is 1.26 bits per heavy atom. The minimum atomic E-state index is -3.68. The molecule has 4 nitrogen and oxygen atoms in total. The van der Waals surface area contributed by atoms with Gasteiger partial charge in [-0.1, -0.05) is 13.8 Å². The van der Waals surface area contributed by atoms with Gasteiger partial charge in [0.25, 0.3) is 9.05 Å². The van der Waals surface area contributed by atoms with Gasteiger partial charge in [0.05, 0.1) is 4.90 Å². The Morgan fingerprint density at radius 3 is 2.37 bits per heavy atom. The predicted molar refractivity (Wildman–Crippen MR) is 77.5 cm³/mol. The van der Waals surface area contributed by atoms with Crippen LogP contribution in [0.25, 0.3) is 0 Å². The Kier molecular flexibility index (Phi) is 6.10. The van der Waals surface area contributed by atoms with Gasteiger partial charge in [0.15, 0.2) is 0 Å². The van der Waals surface area contributed by atoms with Crippen molar-refractivity contribution in [3.63, 3.8) is 0 Å². The fraction of sp³-hybridized carbons (Fsp3) is 0.538. The molecule has 1 aromatic rings. The van der Waals surface area contributed by atoms with Crippen LogP contribution in [0, 0.1) is 6.92 Å². The van der Waals surface area contributed by atoms with Gasteiger partial charge in [-0.2, -0.15) is 0 Å². The van der Waals surface area contributed by atoms with Gasteiger partial charge >= 0.3 is 0 Å². The number of rotatable bonds is 7. The smallest absolute Gasteiger partial charge is 0.261 e. The summed E-state index contributed by atoms with van der Waals surface area (Å²) in [5.74, 6) is 0.691. The first-order valence-electron chi connectivity index (χ1n) is 6.29. The second kappa shape index (κ2) is 7.12. The van der Waals surface area contributed by atoms with E-state index in [9.17, 15) is 8.42 Å². The summed E-state index contributed by atoms with van der Waals surface area (Å²) in [4.78, 5) is 2.36. The van der Waals surface area contributed by atoms with Gasteiger partial charge in [-0.3, -0.25) is 0 Å². The molecule has 1 aromatic carbocycles. The molecular weight excluding hydrogens is 286 g/mol. The molecule has 0 amide bonds. The van der Waals surface area contributed by atoms with Crippen LogP contribution >= 0.6 is 10.7 Å². The molecule has 0 N–H and O–H groups in total. The Bertz CT molecular complexity index is 513. The van der Waals surface area contributed by atoms with Crippen molar-refractivity contribution in [1.29, 1.82) is 0 Å². The van der Waals surface area contributed by atoms with Crippen LogP contribution in [0.5, 0.6) is 5.75 Å². The first-order chi connectivity index (χ1) is 8.88. The number of likely N-dealkylation sites (N-methyl/N-ethyl adjacent to an activating group) is 1. The van der Waals surface area contributed by atoms with Crippen LogP contribution in [0.1, 0.15) is 19.4 Å². The Hall–Kier alpha value is -0.780. The van der Waals surface area contributed by atoms with Crippen molar-refractivity contribution in [2.24, 2.45) is 0 Å². The van der Waals surface area contributed by atoms with Crippen LogP contribution in [0.2, 0.25) is 0 Å². The van der Waals surface area contributed by atoms with Crippen LogP contribution in [0.3, 0.4) is 0 Å². The summed E-state index contributed by atoms with van der Waals surface area (Å²) < 4.78 is 28.0. The summed E-state index contributed by atoms with van der Waals surface area (Å²) >= 11 is 0. The van der Waals surface area contributed by atoms with Crippen LogP contribution in [-0.4, -0.2) is 39.6 Å². The minimum Gasteiger partial charge on any atom is -0.492 e. The maximum Gasteiger partial charge on any atom is 0.261 e. The summed E-state index contributed by atoms with van der Waals surface area (Å²) in [5, 5.41) is 0. The fourth-order valence-corrected chi connectivity index (χ4v) is 2.60. The van der Waals surface area contributed by atoms with E-state index in [1.165, 1.54) is 12.1 Å². The van der Waals surface area contributed by atoms with Crippen molar-refractivity contribution in [3.05, 3.63) is 23.8 Å². The van der Waals surface area contributed by atoms with Gasteiger partial charge in [0.2, 0.25) is 0 Å². The van der Waals surface area contributed by atoms with E-state index in [1.54, 1.807) is 13.0 Å². The Morgan fingerprint density at radius 2 is 1.89 bits per heavy atom. The lowest BCUT2D eigenvalue weighted by atomic mass is 10.2. The monoisotopic (exact) mass is 305 g/mol. The third-order valence-corrected chi connectivity index (χ3v) is 4.34. The maximum atomic E-state index is 11.2. The zero-order chi connectivity index (χ0) is 14.5. The zero-order valence-electron chi connectivity index (χ0n) is 11.5. The molecule has 0 unspecified atom stereocenters. The van der Waals surface area contributed by atoms with Crippen LogP contribution in [0.15, 0.2) is 23.1 Å². The SMILES string of the molecule is CCN(CC)CCOc1ccc(S(=O)(=O)Cl)cc1C. The summed E-state index contributed by atoms with van der Waals surface area (Å²) in [6.07, 6.45) is 0. The summed E-state index contributed by atoms with van der Waals surface area (Å²) in [7, 11) is 1.62. The predicted octanol–water partition coefficient (Wildman–Crippen LogP) is 2.64. The Labute approximate surface area is 119 Å². The molecular formula is C13H20ClNO3S. The number of nitrogens with zero attached hydrogens (tertiary/aromatic N) is 1. The maximum absolute atomic E-state index is 11.2. The molecule has 0 saturated carbocycles. The van der Waals surface area contributed by atoms with Crippen LogP contribution in [0.4, 0.5) is 0 Å². The zero-order valence-corrected chi connectivity index (χ0v) is 13.1. The molecule has 0 aliphatic carbocycles. The largest absolute Gasteiger partial charge is 0.492 e. The standard InChI is InChI=1S/C13H20ClNO3S/c1-4-15(5-2)8-9-18-13-7-6-12(10-11(13)3)19(14,16)17/h6-7,10H,4-5,8-9H2,1-3H3. The third kappa shape index (κ3) is 5.01. The lowest BCUT2D eigenvalue weighted by molar-refractivity contribution is 0.222. The van der Waals surface area contributed by atoms with Gasteiger partial charge < -0.3 is 9.64 Å². The van der Waals surface area contributed by atoms with Crippen molar-refractivity contribution < 1.29 is 13.2 Å². The quantitative estimate of drug-likeness (QED) is 0.727. The van der Waals surface area contributed by atoms with E-state index in [1.807, 2.05) is 0 Å². The van der Waals surface area contributed by atoms with Crippen molar-refractivity contribution in [3.8, 4) is 5.75 Å². The van der Waals surface area contributed by atoms with Crippen LogP contribution < -0.4 is 4.74 Å². The van der Waals surface area contributed by atoms with Gasteiger partial charge in [-0.15, -0.1) is 0 Å². The summed E-state index contributed by atoms with van der Waals surface area (Å²) in [6, 6.07) is 4.63. The van der Waals surface area contributed by atoms with Crippen molar-refractivity contribution in [1.82, 2.24) is 4.90 Å². The molecule has 108 valence electrons. The molecule has 1 rings (SSSR count). The second-order valence-corrected chi connectivity index (χ2v) is 6.81. The molecule has 0 aliphatic heterocycles. The topological polar surface area (TPSA) is 46.6 Å². The first kappa shape index (κ1) is 16.3. The molecule has 6 heteroatoms. The lowest BCUT2D eigenvalue weighted by Crippen LogP contribution is -2.28. The van der Waals surface area contributed by atoms with E-state index in [2.05, 4.69) is 18.7 Å². The first-order valence-corrected chi connectivity index (χ1v) is 8.59.